The van der Waals surface area contributed by atoms with Gasteiger partial charge in [-0.2, -0.15) is 0 Å². The first-order valence-electron chi connectivity index (χ1n) is 14.0. The van der Waals surface area contributed by atoms with Crippen molar-refractivity contribution in [1.82, 2.24) is 29.8 Å². The summed E-state index contributed by atoms with van der Waals surface area (Å²) in [5.41, 5.74) is 1.74. The molecule has 1 saturated heterocycles. The minimum atomic E-state index is -0.885. The first kappa shape index (κ1) is 29.0. The summed E-state index contributed by atoms with van der Waals surface area (Å²) in [6.07, 6.45) is 4.73. The molecule has 0 saturated carbocycles. The number of amides is 2. The molecule has 13 heteroatoms. The molecule has 2 amide bonds. The Kier molecular flexibility index (Phi) is 8.01. The molecule has 2 aromatic carbocycles. The van der Waals surface area contributed by atoms with E-state index in [0.29, 0.717) is 40.5 Å². The number of oxazole rings is 1. The van der Waals surface area contributed by atoms with Crippen LogP contribution in [0.1, 0.15) is 45.2 Å². The molecule has 11 nitrogen and oxygen atoms in total. The Morgan fingerprint density at radius 3 is 2.72 bits per heavy atom. The predicted molar refractivity (Wildman–Crippen MR) is 164 cm³/mol. The third-order valence-electron chi connectivity index (χ3n) is 6.93. The molecule has 1 N–H and O–H groups in total. The Labute approximate surface area is 256 Å². The second-order valence-corrected chi connectivity index (χ2v) is 13.2. The van der Waals surface area contributed by atoms with E-state index in [2.05, 4.69) is 15.4 Å². The van der Waals surface area contributed by atoms with Gasteiger partial charge in [0.15, 0.2) is 15.4 Å². The molecule has 6 rings (SSSR count). The molecule has 0 radical (unpaired) electrons. The fourth-order valence-electron chi connectivity index (χ4n) is 5.03. The monoisotopic (exact) mass is 620 g/mol. The highest BCUT2D eigenvalue weighted by Crippen LogP contribution is 2.32. The number of likely N-dealkylation sites (tertiary alicyclic amines) is 1. The normalized spacial score (nSPS) is 16.1. The maximum atomic E-state index is 13.9. The van der Waals surface area contributed by atoms with Crippen LogP contribution in [0.5, 0.6) is 5.75 Å². The molecule has 5 aromatic rings. The largest absolute Gasteiger partial charge is 0.489 e. The van der Waals surface area contributed by atoms with Gasteiger partial charge in [0, 0.05) is 6.54 Å². The topological polar surface area (TPSA) is 124 Å². The number of benzene rings is 2. The summed E-state index contributed by atoms with van der Waals surface area (Å²) in [5.74, 6) is 0.733. The van der Waals surface area contributed by atoms with Crippen LogP contribution in [0, 0.1) is 0 Å². The lowest BCUT2D eigenvalue weighted by molar-refractivity contribution is -0.135. The average molecular weight is 621 g/mol. The van der Waals surface area contributed by atoms with E-state index in [1.807, 2.05) is 54.8 Å². The number of carbonyl (C=O) groups excluding carboxylic acids is 2. The van der Waals surface area contributed by atoms with Crippen LogP contribution in [0.25, 0.3) is 27.6 Å². The Bertz CT molecular complexity index is 1730. The molecule has 2 atom stereocenters. The number of nitrogens with zero attached hydrogens (tertiary/aromatic N) is 5. The maximum absolute atomic E-state index is 13.9. The zero-order chi connectivity index (χ0) is 30.1. The van der Waals surface area contributed by atoms with Crippen molar-refractivity contribution >= 4 is 51.2 Å². The Balaban J connectivity index is 1.19. The number of ether oxygens (including phenoxy) is 2. The second kappa shape index (κ2) is 11.9. The average Bonchev–Trinajstić information content (AvgIpc) is 3.76. The van der Waals surface area contributed by atoms with Crippen LogP contribution in [0.4, 0.5) is 4.79 Å². The lowest BCUT2D eigenvalue weighted by Crippen LogP contribution is -2.47. The van der Waals surface area contributed by atoms with E-state index in [0.717, 1.165) is 22.1 Å². The molecule has 4 heterocycles. The number of aromatic nitrogens is 4. The molecule has 3 aromatic heterocycles. The number of rotatable bonds is 8. The SMILES string of the molecule is CSc1nn2cc(-c3nc4c(OC[C@H]5CCCN5C(=O)[C@H](NC(=O)OC(C)(C)C)c5ccccc5)cccc4o3)nc2s1. The smallest absolute Gasteiger partial charge is 0.408 e. The van der Waals surface area contributed by atoms with Crippen LogP contribution in [-0.2, 0) is 9.53 Å². The lowest BCUT2D eigenvalue weighted by Gasteiger charge is -2.30. The molecule has 0 unspecified atom stereocenters. The maximum Gasteiger partial charge on any atom is 0.408 e. The molecular formula is C30H32N6O5S2. The van der Waals surface area contributed by atoms with Crippen molar-refractivity contribution < 1.29 is 23.5 Å². The van der Waals surface area contributed by atoms with Crippen molar-refractivity contribution in [2.45, 2.75) is 55.6 Å². The predicted octanol–water partition coefficient (Wildman–Crippen LogP) is 5.96. The lowest BCUT2D eigenvalue weighted by atomic mass is 10.1. The number of alkyl carbamates (subject to hydrolysis) is 1. The van der Waals surface area contributed by atoms with Crippen LogP contribution < -0.4 is 10.1 Å². The fraction of sp³-hybridized carbons (Fsp3) is 0.367. The fourth-order valence-corrected chi connectivity index (χ4v) is 6.37. The van der Waals surface area contributed by atoms with Gasteiger partial charge in [-0.1, -0.05) is 59.5 Å². The van der Waals surface area contributed by atoms with E-state index < -0.39 is 17.7 Å². The van der Waals surface area contributed by atoms with Gasteiger partial charge in [0.2, 0.25) is 16.8 Å². The van der Waals surface area contributed by atoms with Crippen LogP contribution in [-0.4, -0.2) is 67.5 Å². The van der Waals surface area contributed by atoms with E-state index in [1.165, 1.54) is 11.3 Å². The summed E-state index contributed by atoms with van der Waals surface area (Å²) in [6, 6.07) is 13.7. The minimum absolute atomic E-state index is 0.183. The highest BCUT2D eigenvalue weighted by atomic mass is 32.2. The molecule has 224 valence electrons. The first-order chi connectivity index (χ1) is 20.7. The molecule has 0 bridgehead atoms. The second-order valence-electron chi connectivity index (χ2n) is 11.2. The highest BCUT2D eigenvalue weighted by Gasteiger charge is 2.36. The summed E-state index contributed by atoms with van der Waals surface area (Å²) in [4.78, 5) is 38.4. The van der Waals surface area contributed by atoms with Crippen molar-refractivity contribution in [2.75, 3.05) is 19.4 Å². The minimum Gasteiger partial charge on any atom is -0.489 e. The summed E-state index contributed by atoms with van der Waals surface area (Å²) in [7, 11) is 0. The zero-order valence-electron chi connectivity index (χ0n) is 24.3. The van der Waals surface area contributed by atoms with Crippen LogP contribution in [0.2, 0.25) is 0 Å². The van der Waals surface area contributed by atoms with Crippen molar-refractivity contribution in [3.63, 3.8) is 0 Å². The Morgan fingerprint density at radius 2 is 1.98 bits per heavy atom. The van der Waals surface area contributed by atoms with Crippen molar-refractivity contribution in [3.05, 3.63) is 60.3 Å². The van der Waals surface area contributed by atoms with Gasteiger partial charge in [-0.15, -0.1) is 5.10 Å². The molecular weight excluding hydrogens is 589 g/mol. The van der Waals surface area contributed by atoms with Crippen molar-refractivity contribution in [2.24, 2.45) is 0 Å². The van der Waals surface area contributed by atoms with E-state index in [4.69, 9.17) is 18.9 Å². The molecule has 1 aliphatic rings. The zero-order valence-corrected chi connectivity index (χ0v) is 25.9. The highest BCUT2D eigenvalue weighted by molar-refractivity contribution is 8.00. The standard InChI is InChI=1S/C30H32N6O5S2/c1-30(2,3)41-28(38)33-23(18-10-6-5-7-11-18)26(37)35-15-9-12-19(35)17-39-21-13-8-14-22-24(21)32-25(40-22)20-16-36-27(31-20)43-29(34-36)42-4/h5-8,10-11,13-14,16,19,23H,9,12,15,17H2,1-4H3,(H,33,38)/t19-,23-/m1/s1. The van der Waals surface area contributed by atoms with Gasteiger partial charge < -0.3 is 24.1 Å². The van der Waals surface area contributed by atoms with Crippen LogP contribution in [0.15, 0.2) is 63.5 Å². The van der Waals surface area contributed by atoms with Gasteiger partial charge in [-0.05, 0) is 57.6 Å². The Morgan fingerprint density at radius 1 is 1.16 bits per heavy atom. The number of imidazole rings is 1. The van der Waals surface area contributed by atoms with E-state index in [9.17, 15) is 9.59 Å². The molecule has 1 aliphatic heterocycles. The number of hydrogen-bond acceptors (Lipinski definition) is 10. The van der Waals surface area contributed by atoms with Gasteiger partial charge in [0.25, 0.3) is 0 Å². The summed E-state index contributed by atoms with van der Waals surface area (Å²) in [6.45, 7) is 6.19. The number of hydrogen-bond donors (Lipinski definition) is 1. The van der Waals surface area contributed by atoms with Gasteiger partial charge in [0.1, 0.15) is 29.7 Å². The molecule has 0 spiro atoms. The van der Waals surface area contributed by atoms with Crippen molar-refractivity contribution in [1.29, 1.82) is 0 Å². The summed E-state index contributed by atoms with van der Waals surface area (Å²) in [5, 5.41) is 7.27. The quantitative estimate of drug-likeness (QED) is 0.209. The van der Waals surface area contributed by atoms with Crippen LogP contribution in [0.3, 0.4) is 0 Å². The van der Waals surface area contributed by atoms with E-state index in [1.54, 1.807) is 48.1 Å². The molecule has 43 heavy (non-hydrogen) atoms. The first-order valence-corrected chi connectivity index (χ1v) is 16.0. The third kappa shape index (κ3) is 6.32. The number of para-hydroxylation sites is 1. The number of fused-ring (bicyclic) bond motifs is 2. The number of carbonyl (C=O) groups is 2. The summed E-state index contributed by atoms with van der Waals surface area (Å²) < 4.78 is 20.4. The Hall–Kier alpha value is -4.10. The van der Waals surface area contributed by atoms with Gasteiger partial charge >= 0.3 is 6.09 Å². The number of nitrogens with one attached hydrogen (secondary N) is 1. The van der Waals surface area contributed by atoms with Crippen LogP contribution >= 0.6 is 23.1 Å². The number of thioether (sulfide) groups is 1. The van der Waals surface area contributed by atoms with Gasteiger partial charge in [-0.3, -0.25) is 4.79 Å². The van der Waals surface area contributed by atoms with Gasteiger partial charge in [0.05, 0.1) is 12.2 Å². The van der Waals surface area contributed by atoms with E-state index >= 15 is 0 Å². The van der Waals surface area contributed by atoms with Gasteiger partial charge in [-0.25, -0.2) is 19.3 Å². The third-order valence-corrected chi connectivity index (χ3v) is 8.83. The van der Waals surface area contributed by atoms with E-state index in [-0.39, 0.29) is 18.6 Å². The van der Waals surface area contributed by atoms with Crippen molar-refractivity contribution in [3.8, 4) is 17.3 Å². The molecule has 0 aliphatic carbocycles. The molecule has 1 fully saturated rings. The summed E-state index contributed by atoms with van der Waals surface area (Å²) >= 11 is 3.07.